The number of hydrogen-bond acceptors (Lipinski definition) is 4. The van der Waals surface area contributed by atoms with Crippen molar-refractivity contribution in [2.45, 2.75) is 39.2 Å². The van der Waals surface area contributed by atoms with E-state index in [0.717, 1.165) is 5.56 Å². The number of amides is 3. The molecule has 25 heavy (non-hydrogen) atoms. The molecule has 3 amide bonds. The Labute approximate surface area is 145 Å². The number of carboxylic acids is 1. The number of nitrogens with one attached hydrogen (secondary N) is 2. The van der Waals surface area contributed by atoms with Crippen molar-refractivity contribution in [1.82, 2.24) is 10.6 Å². The molecule has 0 radical (unpaired) electrons. The topological polar surface area (TPSA) is 113 Å². The fourth-order valence-corrected chi connectivity index (χ4v) is 2.78. The third-order valence-electron chi connectivity index (χ3n) is 4.07. The van der Waals surface area contributed by atoms with Crippen LogP contribution in [0, 0.1) is 11.8 Å². The second-order valence-corrected chi connectivity index (χ2v) is 6.71. The summed E-state index contributed by atoms with van der Waals surface area (Å²) in [7, 11) is 0. The molecule has 1 aliphatic rings. The molecular formula is C18H22N2O5. The van der Waals surface area contributed by atoms with Gasteiger partial charge in [-0.15, -0.1) is 0 Å². The fraction of sp³-hybridized carbons (Fsp3) is 0.444. The van der Waals surface area contributed by atoms with E-state index in [-0.39, 0.29) is 30.1 Å². The van der Waals surface area contributed by atoms with Crippen molar-refractivity contribution in [3.8, 4) is 0 Å². The third kappa shape index (κ3) is 5.14. The number of benzene rings is 1. The Morgan fingerprint density at radius 2 is 1.88 bits per heavy atom. The maximum Gasteiger partial charge on any atom is 0.326 e. The molecule has 1 aromatic carbocycles. The van der Waals surface area contributed by atoms with Crippen molar-refractivity contribution in [3.63, 3.8) is 0 Å². The summed E-state index contributed by atoms with van der Waals surface area (Å²) in [6, 6.07) is 5.67. The Bertz CT molecular complexity index is 681. The van der Waals surface area contributed by atoms with Gasteiger partial charge in [-0.2, -0.15) is 0 Å². The summed E-state index contributed by atoms with van der Waals surface area (Å²) in [6.45, 7) is 3.78. The molecule has 2 atom stereocenters. The van der Waals surface area contributed by atoms with Crippen LogP contribution in [-0.2, 0) is 20.8 Å². The Kier molecular flexibility index (Phi) is 5.90. The number of carbonyl (C=O) groups excluding carboxylic acids is 3. The van der Waals surface area contributed by atoms with Gasteiger partial charge in [0, 0.05) is 12.0 Å². The molecular weight excluding hydrogens is 324 g/mol. The first kappa shape index (κ1) is 18.6. The highest BCUT2D eigenvalue weighted by Crippen LogP contribution is 2.18. The highest BCUT2D eigenvalue weighted by molar-refractivity contribution is 6.03. The van der Waals surface area contributed by atoms with Crippen LogP contribution in [0.25, 0.3) is 0 Å². The van der Waals surface area contributed by atoms with Crippen LogP contribution in [0.1, 0.15) is 42.6 Å². The lowest BCUT2D eigenvalue weighted by atomic mass is 9.97. The molecule has 2 rings (SSSR count). The van der Waals surface area contributed by atoms with Crippen molar-refractivity contribution in [3.05, 3.63) is 35.4 Å². The Morgan fingerprint density at radius 3 is 2.36 bits per heavy atom. The van der Waals surface area contributed by atoms with Gasteiger partial charge < -0.3 is 10.4 Å². The van der Waals surface area contributed by atoms with Crippen LogP contribution in [0.3, 0.4) is 0 Å². The molecule has 3 N–H and O–H groups in total. The van der Waals surface area contributed by atoms with Crippen LogP contribution in [0.4, 0.5) is 0 Å². The lowest BCUT2D eigenvalue weighted by Gasteiger charge is -2.16. The van der Waals surface area contributed by atoms with Gasteiger partial charge in [-0.3, -0.25) is 19.7 Å². The molecule has 0 aromatic heterocycles. The summed E-state index contributed by atoms with van der Waals surface area (Å²) in [5, 5.41) is 14.0. The number of carbonyl (C=O) groups is 4. The number of imide groups is 1. The van der Waals surface area contributed by atoms with Gasteiger partial charge in [0.2, 0.25) is 11.8 Å². The van der Waals surface area contributed by atoms with E-state index in [1.165, 1.54) is 0 Å². The van der Waals surface area contributed by atoms with E-state index in [9.17, 15) is 24.3 Å². The summed E-state index contributed by atoms with van der Waals surface area (Å²) < 4.78 is 0. The predicted molar refractivity (Wildman–Crippen MR) is 89.7 cm³/mol. The molecule has 134 valence electrons. The van der Waals surface area contributed by atoms with Crippen molar-refractivity contribution in [2.24, 2.45) is 11.8 Å². The average molecular weight is 346 g/mol. The SMILES string of the molecule is CC(C)C[C@@H](NC(=O)c1ccc(CC2CC(=O)NC2=O)cc1)C(=O)O. The standard InChI is InChI=1S/C18H22N2O5/c1-10(2)7-14(18(24)25)19-16(22)12-5-3-11(4-6-12)8-13-9-15(21)20-17(13)23/h3-6,10,13-14H,7-9H2,1-2H3,(H,19,22)(H,24,25)(H,20,21,23)/t13?,14-/m1/s1. The van der Waals surface area contributed by atoms with E-state index in [0.29, 0.717) is 18.4 Å². The van der Waals surface area contributed by atoms with E-state index < -0.39 is 17.9 Å². The summed E-state index contributed by atoms with van der Waals surface area (Å²) in [5.74, 6) is -2.29. The predicted octanol–water partition coefficient (Wildman–Crippen LogP) is 1.12. The van der Waals surface area contributed by atoms with Crippen LogP contribution < -0.4 is 10.6 Å². The van der Waals surface area contributed by atoms with Gasteiger partial charge >= 0.3 is 5.97 Å². The third-order valence-corrected chi connectivity index (χ3v) is 4.07. The minimum atomic E-state index is -1.06. The van der Waals surface area contributed by atoms with Gasteiger partial charge in [0.1, 0.15) is 6.04 Å². The quantitative estimate of drug-likeness (QED) is 0.641. The van der Waals surface area contributed by atoms with Crippen LogP contribution >= 0.6 is 0 Å². The normalized spacial score (nSPS) is 18.1. The molecule has 7 nitrogen and oxygen atoms in total. The van der Waals surface area contributed by atoms with E-state index >= 15 is 0 Å². The van der Waals surface area contributed by atoms with Gasteiger partial charge in [0.25, 0.3) is 5.91 Å². The van der Waals surface area contributed by atoms with Crippen molar-refractivity contribution >= 4 is 23.7 Å². The molecule has 0 spiro atoms. The molecule has 1 saturated heterocycles. The number of aliphatic carboxylic acids is 1. The Balaban J connectivity index is 1.98. The van der Waals surface area contributed by atoms with Gasteiger partial charge in [-0.1, -0.05) is 26.0 Å². The molecule has 1 heterocycles. The Morgan fingerprint density at radius 1 is 1.24 bits per heavy atom. The van der Waals surface area contributed by atoms with Gasteiger partial charge in [-0.05, 0) is 36.5 Å². The zero-order valence-corrected chi connectivity index (χ0v) is 14.2. The minimum Gasteiger partial charge on any atom is -0.480 e. The molecule has 0 saturated carbocycles. The summed E-state index contributed by atoms with van der Waals surface area (Å²) in [6.07, 6.45) is 0.950. The smallest absolute Gasteiger partial charge is 0.326 e. The zero-order valence-electron chi connectivity index (χ0n) is 14.2. The fourth-order valence-electron chi connectivity index (χ4n) is 2.78. The van der Waals surface area contributed by atoms with Crippen LogP contribution in [0.5, 0.6) is 0 Å². The lowest BCUT2D eigenvalue weighted by molar-refractivity contribution is -0.139. The van der Waals surface area contributed by atoms with Crippen molar-refractivity contribution < 1.29 is 24.3 Å². The summed E-state index contributed by atoms with van der Waals surface area (Å²) in [5.41, 5.74) is 1.19. The first-order valence-electron chi connectivity index (χ1n) is 8.22. The molecule has 1 aromatic rings. The first-order valence-corrected chi connectivity index (χ1v) is 8.22. The van der Waals surface area contributed by atoms with Crippen molar-refractivity contribution in [1.29, 1.82) is 0 Å². The molecule has 1 unspecified atom stereocenters. The number of rotatable bonds is 7. The molecule has 7 heteroatoms. The first-order chi connectivity index (χ1) is 11.8. The average Bonchev–Trinajstić information content (AvgIpc) is 2.84. The highest BCUT2D eigenvalue weighted by atomic mass is 16.4. The maximum atomic E-state index is 12.2. The Hall–Kier alpha value is -2.70. The summed E-state index contributed by atoms with van der Waals surface area (Å²) in [4.78, 5) is 46.2. The molecule has 0 bridgehead atoms. The highest BCUT2D eigenvalue weighted by Gasteiger charge is 2.30. The maximum absolute atomic E-state index is 12.2. The van der Waals surface area contributed by atoms with Gasteiger partial charge in [0.05, 0.1) is 5.92 Å². The van der Waals surface area contributed by atoms with Crippen molar-refractivity contribution in [2.75, 3.05) is 0 Å². The largest absolute Gasteiger partial charge is 0.480 e. The number of hydrogen-bond donors (Lipinski definition) is 3. The van der Waals surface area contributed by atoms with Gasteiger partial charge in [0.15, 0.2) is 0 Å². The minimum absolute atomic E-state index is 0.143. The van der Waals surface area contributed by atoms with E-state index in [1.807, 2.05) is 13.8 Å². The zero-order chi connectivity index (χ0) is 18.6. The van der Waals surface area contributed by atoms with E-state index in [2.05, 4.69) is 10.6 Å². The monoisotopic (exact) mass is 346 g/mol. The second kappa shape index (κ2) is 7.92. The molecule has 0 aliphatic carbocycles. The molecule has 1 aliphatic heterocycles. The number of carboxylic acid groups (broad SMARTS) is 1. The molecule has 1 fully saturated rings. The van der Waals surface area contributed by atoms with Crippen LogP contribution in [0.15, 0.2) is 24.3 Å². The second-order valence-electron chi connectivity index (χ2n) is 6.71. The van der Waals surface area contributed by atoms with Crippen LogP contribution in [0.2, 0.25) is 0 Å². The summed E-state index contributed by atoms with van der Waals surface area (Å²) >= 11 is 0. The van der Waals surface area contributed by atoms with E-state index in [1.54, 1.807) is 24.3 Å². The lowest BCUT2D eigenvalue weighted by Crippen LogP contribution is -2.41. The van der Waals surface area contributed by atoms with Gasteiger partial charge in [-0.25, -0.2) is 4.79 Å². The van der Waals surface area contributed by atoms with E-state index in [4.69, 9.17) is 0 Å². The van der Waals surface area contributed by atoms with Crippen LogP contribution in [-0.4, -0.2) is 34.8 Å².